The van der Waals surface area contributed by atoms with E-state index < -0.39 is 62.6 Å². The minimum absolute atomic E-state index is 0.0337. The van der Waals surface area contributed by atoms with E-state index in [9.17, 15) is 32.9 Å². The summed E-state index contributed by atoms with van der Waals surface area (Å²) in [5.74, 6) is -1.47. The zero-order chi connectivity index (χ0) is 34.7. The highest BCUT2D eigenvalue weighted by atomic mass is 35.5. The van der Waals surface area contributed by atoms with Gasteiger partial charge in [-0.15, -0.1) is 0 Å². The number of amides is 3. The summed E-state index contributed by atoms with van der Waals surface area (Å²) in [6, 6.07) is 21.4. The maximum atomic E-state index is 13.2. The Morgan fingerprint density at radius 3 is 2.29 bits per heavy atom. The second kappa shape index (κ2) is 13.7. The lowest BCUT2D eigenvalue weighted by Gasteiger charge is -2.33. The molecule has 0 aliphatic carbocycles. The first kappa shape index (κ1) is 33.0. The summed E-state index contributed by atoms with van der Waals surface area (Å²) in [6.45, 7) is -1.52. The van der Waals surface area contributed by atoms with Crippen molar-refractivity contribution in [1.29, 1.82) is 0 Å². The van der Waals surface area contributed by atoms with Crippen molar-refractivity contribution in [3.05, 3.63) is 118 Å². The highest BCUT2D eigenvalue weighted by Crippen LogP contribution is 2.31. The summed E-state index contributed by atoms with van der Waals surface area (Å²) >= 11 is 5.80. The number of halogens is 1. The van der Waals surface area contributed by atoms with Gasteiger partial charge in [-0.05, 0) is 23.3 Å². The quantitative estimate of drug-likeness (QED) is 0.173. The molecule has 0 spiro atoms. The SMILES string of the molecule is O=C(Nc1ncnc2c1ncn2CC(=O)N1CCN(S(=O)(=O)c2ccc(Cl)cc2[N+](=O)[O-])C(=O)C1)OC(c1ccccc1)c1ccccc1. The van der Waals surface area contributed by atoms with E-state index in [1.165, 1.54) is 23.3 Å². The van der Waals surface area contributed by atoms with Crippen LogP contribution in [0.2, 0.25) is 5.02 Å². The molecule has 1 fully saturated rings. The summed E-state index contributed by atoms with van der Waals surface area (Å²) < 4.78 is 34.1. The number of hydrogen-bond donors (Lipinski definition) is 1. The third kappa shape index (κ3) is 6.88. The van der Waals surface area contributed by atoms with Gasteiger partial charge in [0.25, 0.3) is 21.6 Å². The monoisotopic (exact) mass is 704 g/mol. The zero-order valence-corrected chi connectivity index (χ0v) is 26.8. The van der Waals surface area contributed by atoms with Crippen molar-refractivity contribution in [3.63, 3.8) is 0 Å². The van der Waals surface area contributed by atoms with Gasteiger partial charge in [-0.3, -0.25) is 25.0 Å². The molecule has 3 amide bonds. The molecule has 2 aromatic heterocycles. The lowest BCUT2D eigenvalue weighted by atomic mass is 10.0. The average Bonchev–Trinajstić information content (AvgIpc) is 3.51. The molecule has 0 bridgehead atoms. The molecule has 6 rings (SSSR count). The summed E-state index contributed by atoms with van der Waals surface area (Å²) in [5, 5.41) is 14.0. The molecule has 250 valence electrons. The van der Waals surface area contributed by atoms with Gasteiger partial charge in [0.15, 0.2) is 28.0 Å². The Balaban J connectivity index is 1.14. The summed E-state index contributed by atoms with van der Waals surface area (Å²) in [7, 11) is -4.62. The molecule has 3 aromatic carbocycles. The lowest BCUT2D eigenvalue weighted by molar-refractivity contribution is -0.387. The fraction of sp³-hybridized carbons (Fsp3) is 0.161. The van der Waals surface area contributed by atoms with Crippen molar-refractivity contribution in [1.82, 2.24) is 28.7 Å². The third-order valence-electron chi connectivity index (χ3n) is 7.57. The van der Waals surface area contributed by atoms with Gasteiger partial charge >= 0.3 is 6.09 Å². The highest BCUT2D eigenvalue weighted by molar-refractivity contribution is 7.89. The number of nitro benzene ring substituents is 1. The Hall–Kier alpha value is -5.94. The maximum absolute atomic E-state index is 13.2. The number of rotatable bonds is 9. The number of ether oxygens (including phenoxy) is 1. The van der Waals surface area contributed by atoms with Crippen molar-refractivity contribution in [3.8, 4) is 0 Å². The Kier molecular flexibility index (Phi) is 9.19. The molecule has 0 radical (unpaired) electrons. The molecule has 1 N–H and O–H groups in total. The summed E-state index contributed by atoms with van der Waals surface area (Å²) in [6.07, 6.45) is 0.968. The number of aromatic nitrogens is 4. The first-order valence-electron chi connectivity index (χ1n) is 14.5. The van der Waals surface area contributed by atoms with Crippen molar-refractivity contribution >= 4 is 62.2 Å². The maximum Gasteiger partial charge on any atom is 0.413 e. The van der Waals surface area contributed by atoms with E-state index >= 15 is 0 Å². The summed E-state index contributed by atoms with van der Waals surface area (Å²) in [4.78, 5) is 62.9. The van der Waals surface area contributed by atoms with Gasteiger partial charge in [-0.25, -0.2) is 32.5 Å². The van der Waals surface area contributed by atoms with E-state index in [0.29, 0.717) is 4.31 Å². The second-order valence-electron chi connectivity index (χ2n) is 10.7. The van der Waals surface area contributed by atoms with Crippen LogP contribution in [0, 0.1) is 10.1 Å². The number of fused-ring (bicyclic) bond motifs is 1. The topological polar surface area (TPSA) is 200 Å². The van der Waals surface area contributed by atoms with E-state index in [1.54, 1.807) is 0 Å². The molecular formula is C31H25ClN8O8S. The minimum Gasteiger partial charge on any atom is -0.436 e. The Morgan fingerprint density at radius 2 is 1.65 bits per heavy atom. The zero-order valence-electron chi connectivity index (χ0n) is 25.2. The first-order chi connectivity index (χ1) is 23.5. The van der Waals surface area contributed by atoms with Gasteiger partial charge in [-0.1, -0.05) is 72.3 Å². The van der Waals surface area contributed by atoms with Gasteiger partial charge < -0.3 is 14.2 Å². The van der Waals surface area contributed by atoms with Gasteiger partial charge in [0.2, 0.25) is 5.91 Å². The predicted molar refractivity (Wildman–Crippen MR) is 174 cm³/mol. The minimum atomic E-state index is -4.62. The van der Waals surface area contributed by atoms with Gasteiger partial charge in [0.05, 0.1) is 17.8 Å². The van der Waals surface area contributed by atoms with Crippen LogP contribution in [0.15, 0.2) is 96.4 Å². The molecule has 49 heavy (non-hydrogen) atoms. The molecule has 1 saturated heterocycles. The van der Waals surface area contributed by atoms with Crippen molar-refractivity contribution in [2.45, 2.75) is 17.5 Å². The van der Waals surface area contributed by atoms with Crippen LogP contribution in [0.3, 0.4) is 0 Å². The predicted octanol–water partition coefficient (Wildman–Crippen LogP) is 3.79. The lowest BCUT2D eigenvalue weighted by Crippen LogP contribution is -2.54. The summed E-state index contributed by atoms with van der Waals surface area (Å²) in [5.41, 5.74) is 1.09. The van der Waals surface area contributed by atoms with Crippen LogP contribution in [0.5, 0.6) is 0 Å². The number of nitrogens with one attached hydrogen (secondary N) is 1. The highest BCUT2D eigenvalue weighted by Gasteiger charge is 2.39. The average molecular weight is 705 g/mol. The molecule has 16 nitrogen and oxygen atoms in total. The molecule has 1 aliphatic heterocycles. The van der Waals surface area contributed by atoms with Crippen LogP contribution in [0.4, 0.5) is 16.3 Å². The molecule has 0 saturated carbocycles. The van der Waals surface area contributed by atoms with Gasteiger partial charge in [0.1, 0.15) is 19.4 Å². The van der Waals surface area contributed by atoms with Crippen LogP contribution in [0.25, 0.3) is 11.2 Å². The number of piperazine rings is 1. The number of carbonyl (C=O) groups excluding carboxylic acids is 3. The van der Waals surface area contributed by atoms with E-state index in [1.807, 2.05) is 60.7 Å². The Morgan fingerprint density at radius 1 is 0.980 bits per heavy atom. The molecule has 5 aromatic rings. The van der Waals surface area contributed by atoms with Crippen LogP contribution < -0.4 is 5.32 Å². The van der Waals surface area contributed by atoms with E-state index in [4.69, 9.17) is 16.3 Å². The number of carbonyl (C=O) groups is 3. The van der Waals surface area contributed by atoms with E-state index in [0.717, 1.165) is 28.2 Å². The van der Waals surface area contributed by atoms with E-state index in [2.05, 4.69) is 20.3 Å². The number of nitro groups is 1. The number of sulfonamides is 1. The molecule has 3 heterocycles. The van der Waals surface area contributed by atoms with Crippen LogP contribution in [-0.4, -0.2) is 79.6 Å². The molecule has 0 atom stereocenters. The second-order valence-corrected chi connectivity index (χ2v) is 12.9. The first-order valence-corrected chi connectivity index (χ1v) is 16.4. The van der Waals surface area contributed by atoms with Crippen LogP contribution >= 0.6 is 11.6 Å². The molecule has 18 heteroatoms. The largest absolute Gasteiger partial charge is 0.436 e. The molecular weight excluding hydrogens is 680 g/mol. The van der Waals surface area contributed by atoms with Gasteiger partial charge in [0, 0.05) is 17.6 Å². The number of anilines is 1. The standard InChI is InChI=1S/C31H25ClN8O8S/c32-22-11-12-24(23(15-22)40(44)45)49(46,47)39-14-13-37(17-26(39)42)25(41)16-38-19-35-27-29(33-18-34-30(27)38)36-31(43)48-28(20-7-3-1-4-8-20)21-9-5-2-6-10-21/h1-12,15,18-19,28H,13-14,16-17H2,(H,33,34,36,43). The fourth-order valence-corrected chi connectivity index (χ4v) is 6.93. The normalized spacial score (nSPS) is 13.5. The third-order valence-corrected chi connectivity index (χ3v) is 9.68. The number of benzene rings is 3. The van der Waals surface area contributed by atoms with E-state index in [-0.39, 0.29) is 35.1 Å². The van der Waals surface area contributed by atoms with Crippen molar-refractivity contribution < 1.29 is 32.5 Å². The Labute approximate surface area is 283 Å². The van der Waals surface area contributed by atoms with Crippen molar-refractivity contribution in [2.75, 3.05) is 25.0 Å². The van der Waals surface area contributed by atoms with Crippen molar-refractivity contribution in [2.24, 2.45) is 0 Å². The van der Waals surface area contributed by atoms with Gasteiger partial charge in [-0.2, -0.15) is 0 Å². The van der Waals surface area contributed by atoms with Crippen LogP contribution in [-0.2, 0) is 30.9 Å². The van der Waals surface area contributed by atoms with Crippen LogP contribution in [0.1, 0.15) is 17.2 Å². The number of imidazole rings is 1. The number of hydrogen-bond acceptors (Lipinski definition) is 11. The molecule has 0 unspecified atom stereocenters. The Bertz CT molecular complexity index is 2140. The number of nitrogens with zero attached hydrogens (tertiary/aromatic N) is 7. The smallest absolute Gasteiger partial charge is 0.413 e. The fourth-order valence-electron chi connectivity index (χ4n) is 5.25. The molecule has 1 aliphatic rings.